The number of rotatable bonds is 0. The monoisotopic (exact) mass is 194 g/mol. The molecule has 0 bridgehead atoms. The highest BCUT2D eigenvalue weighted by Crippen LogP contribution is 2.35. The van der Waals surface area contributed by atoms with Gasteiger partial charge in [-0.15, -0.1) is 0 Å². The third kappa shape index (κ3) is 2.46. The molecule has 1 aliphatic rings. The quantitative estimate of drug-likeness (QED) is 0.576. The van der Waals surface area contributed by atoms with Gasteiger partial charge in [0, 0.05) is 5.92 Å². The molecule has 0 aromatic heterocycles. The minimum Gasteiger partial charge on any atom is -0.294 e. The molecule has 0 saturated carbocycles. The van der Waals surface area contributed by atoms with Crippen molar-refractivity contribution in [2.24, 2.45) is 17.3 Å². The predicted molar refractivity (Wildman–Crippen MR) is 60.1 cm³/mol. The van der Waals surface area contributed by atoms with E-state index in [4.69, 9.17) is 0 Å². The summed E-state index contributed by atoms with van der Waals surface area (Å²) in [4.78, 5) is 11.7. The maximum Gasteiger partial charge on any atom is 0.161 e. The normalized spacial score (nSPS) is 29.8. The second kappa shape index (κ2) is 3.88. The molecule has 0 N–H and O–H groups in total. The zero-order chi connectivity index (χ0) is 10.9. The van der Waals surface area contributed by atoms with Gasteiger partial charge in [-0.25, -0.2) is 0 Å². The molecule has 80 valence electrons. The summed E-state index contributed by atoms with van der Waals surface area (Å²) in [7, 11) is 0. The van der Waals surface area contributed by atoms with Crippen LogP contribution in [0.15, 0.2) is 11.6 Å². The number of Topliss-reactive ketones (excluding diaryl/α,β-unsaturated/α-hetero) is 1. The molecule has 0 radical (unpaired) electrons. The van der Waals surface area contributed by atoms with Crippen molar-refractivity contribution in [3.63, 3.8) is 0 Å². The van der Waals surface area contributed by atoms with Crippen molar-refractivity contribution in [2.45, 2.75) is 47.5 Å². The highest BCUT2D eigenvalue weighted by Gasteiger charge is 2.28. The van der Waals surface area contributed by atoms with E-state index in [1.807, 2.05) is 13.8 Å². The summed E-state index contributed by atoms with van der Waals surface area (Å²) in [6.07, 6.45) is 4.37. The van der Waals surface area contributed by atoms with Crippen LogP contribution in [0, 0.1) is 17.3 Å². The summed E-state index contributed by atoms with van der Waals surface area (Å²) in [5.41, 5.74) is 1.25. The van der Waals surface area contributed by atoms with Crippen molar-refractivity contribution < 1.29 is 4.79 Å². The topological polar surface area (TPSA) is 17.1 Å². The molecule has 1 rings (SSSR count). The molecule has 1 nitrogen and oxygen atoms in total. The largest absolute Gasteiger partial charge is 0.294 e. The van der Waals surface area contributed by atoms with Crippen LogP contribution >= 0.6 is 0 Å². The number of carbonyl (C=O) groups is 1. The van der Waals surface area contributed by atoms with Gasteiger partial charge in [-0.1, -0.05) is 33.8 Å². The van der Waals surface area contributed by atoms with Gasteiger partial charge in [-0.3, -0.25) is 4.79 Å². The van der Waals surface area contributed by atoms with Crippen LogP contribution in [0.2, 0.25) is 0 Å². The highest BCUT2D eigenvalue weighted by molar-refractivity contribution is 5.96. The molecular weight excluding hydrogens is 172 g/mol. The van der Waals surface area contributed by atoms with Crippen LogP contribution in [0.5, 0.6) is 0 Å². The smallest absolute Gasteiger partial charge is 0.161 e. The molecule has 0 aliphatic heterocycles. The second-order valence-electron chi connectivity index (χ2n) is 5.66. The van der Waals surface area contributed by atoms with Gasteiger partial charge >= 0.3 is 0 Å². The van der Waals surface area contributed by atoms with Crippen LogP contribution in [0.1, 0.15) is 47.5 Å². The number of ketones is 1. The predicted octanol–water partition coefficient (Wildman–Crippen LogP) is 3.59. The lowest BCUT2D eigenvalue weighted by atomic mass is 9.78. The second-order valence-corrected chi connectivity index (χ2v) is 5.66. The van der Waals surface area contributed by atoms with E-state index < -0.39 is 0 Å². The molecule has 0 fully saturated rings. The summed E-state index contributed by atoms with van der Waals surface area (Å²) >= 11 is 0. The molecule has 2 atom stereocenters. The molecule has 0 heterocycles. The maximum atomic E-state index is 11.7. The first kappa shape index (κ1) is 11.5. The zero-order valence-corrected chi connectivity index (χ0v) is 10.1. The zero-order valence-electron chi connectivity index (χ0n) is 10.1. The van der Waals surface area contributed by atoms with Crippen LogP contribution in [0.4, 0.5) is 0 Å². The Kier molecular flexibility index (Phi) is 3.18. The minimum atomic E-state index is 0.221. The van der Waals surface area contributed by atoms with E-state index in [0.717, 1.165) is 18.4 Å². The van der Waals surface area contributed by atoms with Crippen LogP contribution in [0.3, 0.4) is 0 Å². The standard InChI is InChI=1S/C13H22O/c1-9-6-7-11(13(3,4)5)8-10(2)12(9)14/h8-9,11H,6-7H2,1-5H3. The first-order valence-electron chi connectivity index (χ1n) is 5.55. The number of allylic oxidation sites excluding steroid dienone is 2. The van der Waals surface area contributed by atoms with E-state index in [-0.39, 0.29) is 11.3 Å². The Hall–Kier alpha value is -0.590. The van der Waals surface area contributed by atoms with Gasteiger partial charge in [0.15, 0.2) is 5.78 Å². The summed E-state index contributed by atoms with van der Waals surface area (Å²) < 4.78 is 0. The number of carbonyl (C=O) groups excluding carboxylic acids is 1. The molecule has 0 aromatic rings. The average Bonchev–Trinajstić information content (AvgIpc) is 2.17. The van der Waals surface area contributed by atoms with Gasteiger partial charge in [-0.05, 0) is 36.7 Å². The lowest BCUT2D eigenvalue weighted by molar-refractivity contribution is -0.118. The number of hydrogen-bond donors (Lipinski definition) is 0. The molecule has 0 amide bonds. The van der Waals surface area contributed by atoms with Crippen molar-refractivity contribution in [1.82, 2.24) is 0 Å². The molecule has 0 saturated heterocycles. The Labute approximate surface area is 87.6 Å². The van der Waals surface area contributed by atoms with Crippen LogP contribution in [-0.2, 0) is 4.79 Å². The van der Waals surface area contributed by atoms with Gasteiger partial charge in [0.25, 0.3) is 0 Å². The van der Waals surface area contributed by atoms with Crippen molar-refractivity contribution in [1.29, 1.82) is 0 Å². The van der Waals surface area contributed by atoms with Gasteiger partial charge in [0.05, 0.1) is 0 Å². The van der Waals surface area contributed by atoms with E-state index in [9.17, 15) is 4.79 Å². The maximum absolute atomic E-state index is 11.7. The third-order valence-electron chi connectivity index (χ3n) is 3.31. The fraction of sp³-hybridized carbons (Fsp3) is 0.769. The van der Waals surface area contributed by atoms with E-state index >= 15 is 0 Å². The van der Waals surface area contributed by atoms with E-state index in [1.54, 1.807) is 0 Å². The van der Waals surface area contributed by atoms with Crippen molar-refractivity contribution in [2.75, 3.05) is 0 Å². The Morgan fingerprint density at radius 2 is 1.86 bits per heavy atom. The molecule has 14 heavy (non-hydrogen) atoms. The highest BCUT2D eigenvalue weighted by atomic mass is 16.1. The van der Waals surface area contributed by atoms with E-state index in [1.165, 1.54) is 0 Å². The van der Waals surface area contributed by atoms with Crippen LogP contribution < -0.4 is 0 Å². The Morgan fingerprint density at radius 3 is 2.36 bits per heavy atom. The summed E-state index contributed by atoms with van der Waals surface area (Å²) in [5.74, 6) is 1.12. The molecular formula is C13H22O. The minimum absolute atomic E-state index is 0.221. The third-order valence-corrected chi connectivity index (χ3v) is 3.31. The van der Waals surface area contributed by atoms with Gasteiger partial charge < -0.3 is 0 Å². The molecule has 2 unspecified atom stereocenters. The van der Waals surface area contributed by atoms with Crippen molar-refractivity contribution >= 4 is 5.78 Å². The molecule has 0 aromatic carbocycles. The lowest BCUT2D eigenvalue weighted by Crippen LogP contribution is -2.18. The van der Waals surface area contributed by atoms with Crippen LogP contribution in [0.25, 0.3) is 0 Å². The summed E-state index contributed by atoms with van der Waals surface area (Å²) in [5, 5.41) is 0. The number of hydrogen-bond acceptors (Lipinski definition) is 1. The Balaban J connectivity index is 2.90. The Morgan fingerprint density at radius 1 is 1.29 bits per heavy atom. The fourth-order valence-electron chi connectivity index (χ4n) is 2.10. The van der Waals surface area contributed by atoms with Gasteiger partial charge in [-0.2, -0.15) is 0 Å². The first-order chi connectivity index (χ1) is 6.32. The van der Waals surface area contributed by atoms with E-state index in [0.29, 0.717) is 11.7 Å². The molecule has 1 aliphatic carbocycles. The fourth-order valence-corrected chi connectivity index (χ4v) is 2.10. The SMILES string of the molecule is CC1=CC(C(C)(C)C)CCC(C)C1=O. The van der Waals surface area contributed by atoms with Crippen molar-refractivity contribution in [3.8, 4) is 0 Å². The van der Waals surface area contributed by atoms with Crippen molar-refractivity contribution in [3.05, 3.63) is 11.6 Å². The average molecular weight is 194 g/mol. The molecule has 0 spiro atoms. The van der Waals surface area contributed by atoms with Gasteiger partial charge in [0.1, 0.15) is 0 Å². The van der Waals surface area contributed by atoms with Gasteiger partial charge in [0.2, 0.25) is 0 Å². The summed E-state index contributed by atoms with van der Waals surface area (Å²) in [6, 6.07) is 0. The lowest BCUT2D eigenvalue weighted by Gasteiger charge is -2.27. The summed E-state index contributed by atoms with van der Waals surface area (Å²) in [6.45, 7) is 10.8. The Bertz CT molecular complexity index is 255. The van der Waals surface area contributed by atoms with E-state index in [2.05, 4.69) is 26.8 Å². The van der Waals surface area contributed by atoms with Crippen LogP contribution in [-0.4, -0.2) is 5.78 Å². The first-order valence-corrected chi connectivity index (χ1v) is 5.55. The molecule has 1 heteroatoms.